The Morgan fingerprint density at radius 3 is 2.00 bits per heavy atom. The van der Waals surface area contributed by atoms with E-state index in [4.69, 9.17) is 14.2 Å². The molecule has 118 valence electrons. The average molecular weight is 296 g/mol. The summed E-state index contributed by atoms with van der Waals surface area (Å²) in [5, 5.41) is 0. The number of rotatable bonds is 2. The van der Waals surface area contributed by atoms with Gasteiger partial charge in [0.2, 0.25) is 0 Å². The zero-order valence-electron chi connectivity index (χ0n) is 13.9. The highest BCUT2D eigenvalue weighted by molar-refractivity contribution is 5.31. The Balaban J connectivity index is 2.30. The maximum Gasteiger partial charge on any atom is 0.185 e. The second-order valence-electron chi connectivity index (χ2n) is 7.52. The van der Waals surface area contributed by atoms with Crippen molar-refractivity contribution in [3.63, 3.8) is 0 Å². The fourth-order valence-electron chi connectivity index (χ4n) is 2.11. The Hall–Kier alpha value is -1.13. The summed E-state index contributed by atoms with van der Waals surface area (Å²) in [6, 6.07) is 4.58. The molecule has 4 heteroatoms. The average Bonchev–Trinajstić information content (AvgIpc) is 2.44. The molecule has 1 aliphatic heterocycles. The monoisotopic (exact) mass is 296 g/mol. The minimum atomic E-state index is -0.590. The third-order valence-electron chi connectivity index (χ3n) is 3.84. The predicted molar refractivity (Wildman–Crippen MR) is 79.9 cm³/mol. The quantitative estimate of drug-likeness (QED) is 0.798. The van der Waals surface area contributed by atoms with Gasteiger partial charge >= 0.3 is 0 Å². The van der Waals surface area contributed by atoms with E-state index >= 15 is 0 Å². The van der Waals surface area contributed by atoms with Gasteiger partial charge in [0.1, 0.15) is 17.2 Å². The smallest absolute Gasteiger partial charge is 0.185 e. The van der Waals surface area contributed by atoms with E-state index < -0.39 is 17.5 Å². The molecule has 0 unspecified atom stereocenters. The minimum absolute atomic E-state index is 0.360. The van der Waals surface area contributed by atoms with E-state index in [0.717, 1.165) is 0 Å². The standard InChI is InChI=1S/C17H25FO3/c1-15(2,3)19-13-9-11(8-12(18)10-13)14-20-16(4,5)17(6,7)21-14/h8-10,14H,1-7H3. The van der Waals surface area contributed by atoms with Crippen molar-refractivity contribution in [3.05, 3.63) is 29.6 Å². The van der Waals surface area contributed by atoms with Crippen LogP contribution in [0.4, 0.5) is 4.39 Å². The van der Waals surface area contributed by atoms with E-state index in [9.17, 15) is 4.39 Å². The lowest BCUT2D eigenvalue weighted by Crippen LogP contribution is -2.41. The van der Waals surface area contributed by atoms with Crippen LogP contribution in [-0.2, 0) is 9.47 Å². The summed E-state index contributed by atoms with van der Waals surface area (Å²) in [5.74, 6) is 0.119. The van der Waals surface area contributed by atoms with Crippen LogP contribution in [0.15, 0.2) is 18.2 Å². The van der Waals surface area contributed by atoms with Gasteiger partial charge in [0.25, 0.3) is 0 Å². The first-order valence-corrected chi connectivity index (χ1v) is 7.25. The van der Waals surface area contributed by atoms with Gasteiger partial charge in [-0.2, -0.15) is 0 Å². The number of ether oxygens (including phenoxy) is 3. The van der Waals surface area contributed by atoms with Crippen LogP contribution in [0.25, 0.3) is 0 Å². The summed E-state index contributed by atoms with van der Waals surface area (Å²) < 4.78 is 31.5. The molecule has 0 atom stereocenters. The molecule has 0 N–H and O–H groups in total. The van der Waals surface area contributed by atoms with Crippen LogP contribution in [0.2, 0.25) is 0 Å². The van der Waals surface area contributed by atoms with Gasteiger partial charge < -0.3 is 14.2 Å². The molecule has 1 aromatic rings. The van der Waals surface area contributed by atoms with Crippen LogP contribution in [0, 0.1) is 5.82 Å². The Morgan fingerprint density at radius 2 is 1.52 bits per heavy atom. The molecule has 1 aromatic carbocycles. The first kappa shape index (κ1) is 16.2. The van der Waals surface area contributed by atoms with Crippen LogP contribution in [0.1, 0.15) is 60.3 Å². The molecule has 0 saturated carbocycles. The summed E-state index contributed by atoms with van der Waals surface area (Å²) in [7, 11) is 0. The molecule has 2 rings (SSSR count). The highest BCUT2D eigenvalue weighted by atomic mass is 19.1. The van der Waals surface area contributed by atoms with Gasteiger partial charge in [-0.1, -0.05) is 0 Å². The molecule has 1 saturated heterocycles. The van der Waals surface area contributed by atoms with Crippen LogP contribution in [-0.4, -0.2) is 16.8 Å². The summed E-state index contributed by atoms with van der Waals surface area (Å²) >= 11 is 0. The molecular formula is C17H25FO3. The highest BCUT2D eigenvalue weighted by Crippen LogP contribution is 2.45. The third kappa shape index (κ3) is 3.55. The van der Waals surface area contributed by atoms with Gasteiger partial charge in [-0.05, 0) is 60.6 Å². The lowest BCUT2D eigenvalue weighted by atomic mass is 9.90. The molecule has 21 heavy (non-hydrogen) atoms. The van der Waals surface area contributed by atoms with E-state index in [1.54, 1.807) is 6.07 Å². The lowest BCUT2D eigenvalue weighted by molar-refractivity contribution is -0.0899. The normalized spacial score (nSPS) is 21.5. The predicted octanol–water partition coefficient (Wildman–Crippen LogP) is 4.61. The number of hydrogen-bond donors (Lipinski definition) is 0. The SMILES string of the molecule is CC(C)(C)Oc1cc(F)cc(C2OC(C)(C)C(C)(C)O2)c1. The van der Waals surface area contributed by atoms with Crippen LogP contribution >= 0.6 is 0 Å². The molecule has 0 aromatic heterocycles. The Morgan fingerprint density at radius 1 is 1.00 bits per heavy atom. The van der Waals surface area contributed by atoms with E-state index in [-0.39, 0.29) is 11.4 Å². The molecule has 0 bridgehead atoms. The molecule has 0 aliphatic carbocycles. The van der Waals surface area contributed by atoms with Crippen molar-refractivity contribution in [1.29, 1.82) is 0 Å². The van der Waals surface area contributed by atoms with Crippen molar-refractivity contribution in [2.75, 3.05) is 0 Å². The van der Waals surface area contributed by atoms with E-state index in [1.165, 1.54) is 12.1 Å². The maximum atomic E-state index is 13.9. The molecule has 1 aliphatic rings. The molecule has 3 nitrogen and oxygen atoms in total. The van der Waals surface area contributed by atoms with Crippen LogP contribution in [0.5, 0.6) is 5.75 Å². The van der Waals surface area contributed by atoms with Gasteiger partial charge in [-0.25, -0.2) is 4.39 Å². The second kappa shape index (κ2) is 4.96. The zero-order valence-corrected chi connectivity index (χ0v) is 13.9. The van der Waals surface area contributed by atoms with Gasteiger partial charge in [0.15, 0.2) is 6.29 Å². The molecule has 0 radical (unpaired) electrons. The summed E-state index contributed by atoms with van der Waals surface area (Å²) in [5.41, 5.74) is -0.654. The van der Waals surface area contributed by atoms with Crippen molar-refractivity contribution in [2.24, 2.45) is 0 Å². The molecule has 1 heterocycles. The van der Waals surface area contributed by atoms with Crippen LogP contribution in [0.3, 0.4) is 0 Å². The highest BCUT2D eigenvalue weighted by Gasteiger charge is 2.49. The lowest BCUT2D eigenvalue weighted by Gasteiger charge is -2.30. The van der Waals surface area contributed by atoms with Gasteiger partial charge in [-0.15, -0.1) is 0 Å². The summed E-state index contributed by atoms with van der Waals surface area (Å²) in [4.78, 5) is 0. The largest absolute Gasteiger partial charge is 0.488 e. The van der Waals surface area contributed by atoms with E-state index in [1.807, 2.05) is 48.5 Å². The van der Waals surface area contributed by atoms with Crippen molar-refractivity contribution < 1.29 is 18.6 Å². The van der Waals surface area contributed by atoms with Crippen molar-refractivity contribution in [1.82, 2.24) is 0 Å². The fraction of sp³-hybridized carbons (Fsp3) is 0.647. The maximum absolute atomic E-state index is 13.9. The zero-order chi connectivity index (χ0) is 16.1. The Labute approximate surface area is 126 Å². The first-order valence-electron chi connectivity index (χ1n) is 7.25. The molecule has 0 amide bonds. The van der Waals surface area contributed by atoms with Gasteiger partial charge in [0.05, 0.1) is 11.2 Å². The van der Waals surface area contributed by atoms with E-state index in [0.29, 0.717) is 11.3 Å². The molecular weight excluding hydrogens is 271 g/mol. The fourth-order valence-corrected chi connectivity index (χ4v) is 2.11. The second-order valence-corrected chi connectivity index (χ2v) is 7.52. The number of halogens is 1. The van der Waals surface area contributed by atoms with Crippen LogP contribution < -0.4 is 4.74 Å². The molecule has 1 fully saturated rings. The minimum Gasteiger partial charge on any atom is -0.488 e. The number of benzene rings is 1. The third-order valence-corrected chi connectivity index (χ3v) is 3.84. The van der Waals surface area contributed by atoms with Gasteiger partial charge in [-0.3, -0.25) is 0 Å². The first-order chi connectivity index (χ1) is 9.40. The topological polar surface area (TPSA) is 27.7 Å². The van der Waals surface area contributed by atoms with E-state index in [2.05, 4.69) is 0 Å². The number of hydrogen-bond acceptors (Lipinski definition) is 3. The molecule has 0 spiro atoms. The summed E-state index contributed by atoms with van der Waals surface area (Å²) in [6.45, 7) is 13.7. The summed E-state index contributed by atoms with van der Waals surface area (Å²) in [6.07, 6.45) is -0.590. The Bertz CT molecular complexity index is 513. The van der Waals surface area contributed by atoms with Crippen molar-refractivity contribution in [2.45, 2.75) is 71.6 Å². The Kier molecular flexibility index (Phi) is 3.83. The van der Waals surface area contributed by atoms with Crippen molar-refractivity contribution >= 4 is 0 Å². The van der Waals surface area contributed by atoms with Gasteiger partial charge in [0, 0.05) is 11.6 Å². The van der Waals surface area contributed by atoms with Crippen molar-refractivity contribution in [3.8, 4) is 5.75 Å².